The summed E-state index contributed by atoms with van der Waals surface area (Å²) in [7, 11) is 1.30. The molecule has 0 spiro atoms. The van der Waals surface area contributed by atoms with Gasteiger partial charge in [-0.1, -0.05) is 192 Å². The van der Waals surface area contributed by atoms with Crippen LogP contribution in [0.15, 0.2) is 24.3 Å². The number of likely N-dealkylation sites (N-methyl/N-ethyl adjacent to an activating group) is 1. The number of allylic oxidation sites excluding steroid dienone is 4. The van der Waals surface area contributed by atoms with Crippen LogP contribution < -0.4 is 10.2 Å². The number of phosphoric ester groups is 1. The summed E-state index contributed by atoms with van der Waals surface area (Å²) >= 11 is 0. The second kappa shape index (κ2) is 39.4. The van der Waals surface area contributed by atoms with Crippen LogP contribution in [0.5, 0.6) is 0 Å². The van der Waals surface area contributed by atoms with Gasteiger partial charge in [-0.3, -0.25) is 9.36 Å². The summed E-state index contributed by atoms with van der Waals surface area (Å²) in [4.78, 5) is 25.3. The van der Waals surface area contributed by atoms with E-state index in [1.165, 1.54) is 148 Å². The molecule has 0 heterocycles. The van der Waals surface area contributed by atoms with Crippen molar-refractivity contribution in [3.05, 3.63) is 24.3 Å². The Balaban J connectivity index is 4.13. The number of nitrogens with zero attached hydrogens (tertiary/aromatic N) is 1. The molecule has 0 fully saturated rings. The van der Waals surface area contributed by atoms with Gasteiger partial charge in [0.2, 0.25) is 5.91 Å². The highest BCUT2D eigenvalue weighted by Gasteiger charge is 2.24. The van der Waals surface area contributed by atoms with Crippen LogP contribution >= 0.6 is 7.82 Å². The SMILES string of the molecule is CCCCCCCCCCC/C=C\C/C=C\CCCCCCCCCCCC(=O)NC(COP(=O)([O-])OCC[N+](C)(C)C)C(O)CCCCCCCCCCC. The Kier molecular flexibility index (Phi) is 38.7. The summed E-state index contributed by atoms with van der Waals surface area (Å²) in [6.45, 7) is 4.69. The molecular formula is C47H93N2O6P. The average Bonchev–Trinajstić information content (AvgIpc) is 3.15. The lowest BCUT2D eigenvalue weighted by atomic mass is 10.0. The maximum atomic E-state index is 12.9. The molecule has 0 aliphatic carbocycles. The molecule has 0 bridgehead atoms. The van der Waals surface area contributed by atoms with Gasteiger partial charge in [-0.05, 0) is 44.9 Å². The number of aliphatic hydroxyl groups excluding tert-OH is 1. The van der Waals surface area contributed by atoms with E-state index in [2.05, 4.69) is 43.5 Å². The first-order valence-corrected chi connectivity index (χ1v) is 25.1. The van der Waals surface area contributed by atoms with Gasteiger partial charge >= 0.3 is 0 Å². The molecule has 0 saturated carbocycles. The largest absolute Gasteiger partial charge is 0.756 e. The minimum absolute atomic E-state index is 0.0116. The van der Waals surface area contributed by atoms with Gasteiger partial charge in [0.25, 0.3) is 7.82 Å². The molecule has 332 valence electrons. The Labute approximate surface area is 347 Å². The summed E-state index contributed by atoms with van der Waals surface area (Å²) in [6.07, 6.45) is 46.3. The van der Waals surface area contributed by atoms with Crippen LogP contribution in [0.1, 0.15) is 219 Å². The number of carbonyl (C=O) groups excluding carboxylic acids is 1. The van der Waals surface area contributed by atoms with E-state index in [1.54, 1.807) is 0 Å². The number of hydrogen-bond acceptors (Lipinski definition) is 6. The van der Waals surface area contributed by atoms with Crippen molar-refractivity contribution in [1.82, 2.24) is 5.32 Å². The topological polar surface area (TPSA) is 108 Å². The lowest BCUT2D eigenvalue weighted by molar-refractivity contribution is -0.870. The molecule has 8 nitrogen and oxygen atoms in total. The monoisotopic (exact) mass is 813 g/mol. The van der Waals surface area contributed by atoms with E-state index in [0.717, 1.165) is 44.9 Å². The van der Waals surface area contributed by atoms with Crippen molar-refractivity contribution < 1.29 is 32.9 Å². The summed E-state index contributed by atoms with van der Waals surface area (Å²) < 4.78 is 23.2. The van der Waals surface area contributed by atoms with E-state index < -0.39 is 20.0 Å². The molecule has 0 aliphatic heterocycles. The summed E-state index contributed by atoms with van der Waals surface area (Å²) in [5, 5.41) is 13.8. The van der Waals surface area contributed by atoms with Gasteiger partial charge in [0, 0.05) is 6.42 Å². The molecule has 0 radical (unpaired) electrons. The number of nitrogens with one attached hydrogen (secondary N) is 1. The van der Waals surface area contributed by atoms with Crippen molar-refractivity contribution in [3.8, 4) is 0 Å². The normalized spacial score (nSPS) is 14.5. The second-order valence-corrected chi connectivity index (χ2v) is 18.9. The summed E-state index contributed by atoms with van der Waals surface area (Å²) in [5.41, 5.74) is 0. The van der Waals surface area contributed by atoms with Crippen molar-refractivity contribution in [2.45, 2.75) is 231 Å². The Morgan fingerprint density at radius 3 is 1.48 bits per heavy atom. The molecule has 0 aromatic rings. The first-order valence-electron chi connectivity index (χ1n) is 23.7. The fraction of sp³-hybridized carbons (Fsp3) is 0.894. The zero-order valence-electron chi connectivity index (χ0n) is 37.6. The Hall–Kier alpha value is -1.02. The lowest BCUT2D eigenvalue weighted by Gasteiger charge is -2.30. The minimum atomic E-state index is -4.56. The number of carbonyl (C=O) groups is 1. The highest BCUT2D eigenvalue weighted by Crippen LogP contribution is 2.38. The molecule has 1 amide bonds. The fourth-order valence-corrected chi connectivity index (χ4v) is 7.62. The third-order valence-corrected chi connectivity index (χ3v) is 11.7. The van der Waals surface area contributed by atoms with Crippen LogP contribution in [0.4, 0.5) is 0 Å². The summed E-state index contributed by atoms with van der Waals surface area (Å²) in [5.74, 6) is -0.171. The minimum Gasteiger partial charge on any atom is -0.756 e. The van der Waals surface area contributed by atoms with Gasteiger partial charge in [-0.2, -0.15) is 0 Å². The Morgan fingerprint density at radius 1 is 0.625 bits per heavy atom. The standard InChI is InChI=1S/C47H93N2O6P/c1-6-8-10-12-14-16-17-18-19-20-21-22-23-24-25-26-27-28-29-30-31-33-35-37-39-41-47(51)48-45(44-55-56(52,53)54-43-42-49(3,4)5)46(50)40-38-36-34-32-15-13-11-9-7-2/h21-22,24-25,45-46,50H,6-20,23,26-44H2,1-5H3,(H-,48,51,52,53)/b22-21-,25-24-. The van der Waals surface area contributed by atoms with E-state index in [4.69, 9.17) is 9.05 Å². The van der Waals surface area contributed by atoms with Crippen molar-refractivity contribution >= 4 is 13.7 Å². The average molecular weight is 813 g/mol. The zero-order valence-corrected chi connectivity index (χ0v) is 38.5. The maximum absolute atomic E-state index is 12.9. The molecule has 0 rings (SSSR count). The van der Waals surface area contributed by atoms with Gasteiger partial charge in [-0.25, -0.2) is 0 Å². The van der Waals surface area contributed by atoms with Gasteiger partial charge in [0.15, 0.2) is 0 Å². The van der Waals surface area contributed by atoms with Crippen LogP contribution in [0.2, 0.25) is 0 Å². The summed E-state index contributed by atoms with van der Waals surface area (Å²) in [6, 6.07) is -0.799. The zero-order chi connectivity index (χ0) is 41.4. The van der Waals surface area contributed by atoms with Crippen LogP contribution in [0.25, 0.3) is 0 Å². The number of aliphatic hydroxyl groups is 1. The lowest BCUT2D eigenvalue weighted by Crippen LogP contribution is -2.46. The Morgan fingerprint density at radius 2 is 1.04 bits per heavy atom. The van der Waals surface area contributed by atoms with Gasteiger partial charge in [0.1, 0.15) is 13.2 Å². The first kappa shape index (κ1) is 55.0. The quantitative estimate of drug-likeness (QED) is 0.0275. The molecule has 3 unspecified atom stereocenters. The van der Waals surface area contributed by atoms with Gasteiger partial charge < -0.3 is 28.8 Å². The molecule has 2 N–H and O–H groups in total. The molecule has 0 saturated heterocycles. The highest BCUT2D eigenvalue weighted by molar-refractivity contribution is 7.45. The maximum Gasteiger partial charge on any atom is 0.268 e. The number of unbranched alkanes of at least 4 members (excludes halogenated alkanes) is 26. The first-order chi connectivity index (χ1) is 27.0. The van der Waals surface area contributed by atoms with E-state index in [9.17, 15) is 19.4 Å². The number of amides is 1. The van der Waals surface area contributed by atoms with Gasteiger partial charge in [0.05, 0.1) is 39.9 Å². The molecule has 9 heteroatoms. The highest BCUT2D eigenvalue weighted by atomic mass is 31.2. The van der Waals surface area contributed by atoms with E-state index in [-0.39, 0.29) is 19.1 Å². The number of quaternary nitrogens is 1. The number of phosphoric acid groups is 1. The number of hydrogen-bond donors (Lipinski definition) is 2. The van der Waals surface area contributed by atoms with Crippen LogP contribution in [0, 0.1) is 0 Å². The second-order valence-electron chi connectivity index (χ2n) is 17.5. The van der Waals surface area contributed by atoms with Crippen LogP contribution in [0.3, 0.4) is 0 Å². The van der Waals surface area contributed by atoms with Crippen LogP contribution in [-0.4, -0.2) is 68.5 Å². The predicted octanol–water partition coefficient (Wildman–Crippen LogP) is 12.7. The van der Waals surface area contributed by atoms with Gasteiger partial charge in [-0.15, -0.1) is 0 Å². The molecule has 0 aromatic carbocycles. The van der Waals surface area contributed by atoms with Crippen molar-refractivity contribution in [1.29, 1.82) is 0 Å². The molecular weight excluding hydrogens is 719 g/mol. The molecule has 0 aliphatic rings. The smallest absolute Gasteiger partial charge is 0.268 e. The predicted molar refractivity (Wildman–Crippen MR) is 238 cm³/mol. The van der Waals surface area contributed by atoms with Crippen molar-refractivity contribution in [3.63, 3.8) is 0 Å². The van der Waals surface area contributed by atoms with E-state index >= 15 is 0 Å². The van der Waals surface area contributed by atoms with Crippen molar-refractivity contribution in [2.75, 3.05) is 40.9 Å². The van der Waals surface area contributed by atoms with E-state index in [1.807, 2.05) is 21.1 Å². The molecule has 0 aromatic heterocycles. The number of rotatable bonds is 43. The van der Waals surface area contributed by atoms with E-state index in [0.29, 0.717) is 23.9 Å². The molecule has 3 atom stereocenters. The van der Waals surface area contributed by atoms with Crippen molar-refractivity contribution in [2.24, 2.45) is 0 Å². The fourth-order valence-electron chi connectivity index (χ4n) is 6.89. The third-order valence-electron chi connectivity index (χ3n) is 10.7. The third kappa shape index (κ3) is 41.2. The Bertz CT molecular complexity index is 969. The molecule has 56 heavy (non-hydrogen) atoms. The van der Waals surface area contributed by atoms with Crippen LogP contribution in [-0.2, 0) is 18.4 Å².